The predicted molar refractivity (Wildman–Crippen MR) is 74.5 cm³/mol. The number of carbonyl (C=O) groups excluding carboxylic acids is 1. The van der Waals surface area contributed by atoms with Crippen LogP contribution in [0.1, 0.15) is 65.7 Å². The van der Waals surface area contributed by atoms with Gasteiger partial charge in [0.15, 0.2) is 0 Å². The fourth-order valence-electron chi connectivity index (χ4n) is 2.93. The van der Waals surface area contributed by atoms with Crippen LogP contribution in [0.2, 0.25) is 0 Å². The second-order valence-electron chi connectivity index (χ2n) is 5.77. The lowest BCUT2D eigenvalue weighted by atomic mass is 9.84. The van der Waals surface area contributed by atoms with Gasteiger partial charge in [0, 0.05) is 12.1 Å². The monoisotopic (exact) mass is 255 g/mol. The quantitative estimate of drug-likeness (QED) is 0.710. The minimum Gasteiger partial charge on any atom is -0.466 e. The number of hydrogen-bond donors (Lipinski definition) is 1. The van der Waals surface area contributed by atoms with Gasteiger partial charge in [0.2, 0.25) is 0 Å². The molecule has 1 N–H and O–H groups in total. The molecule has 3 nitrogen and oxygen atoms in total. The van der Waals surface area contributed by atoms with Gasteiger partial charge in [-0.15, -0.1) is 0 Å². The van der Waals surface area contributed by atoms with Crippen LogP contribution in [0.3, 0.4) is 0 Å². The van der Waals surface area contributed by atoms with Crippen LogP contribution in [0.5, 0.6) is 0 Å². The highest BCUT2D eigenvalue weighted by Crippen LogP contribution is 2.28. The first kappa shape index (κ1) is 15.5. The molecule has 0 saturated heterocycles. The molecule has 1 unspecified atom stereocenters. The maximum Gasteiger partial charge on any atom is 0.307 e. The van der Waals surface area contributed by atoms with Gasteiger partial charge in [-0.05, 0) is 19.3 Å². The molecule has 0 aliphatic heterocycles. The topological polar surface area (TPSA) is 38.3 Å². The van der Waals surface area contributed by atoms with Gasteiger partial charge in [0.25, 0.3) is 0 Å². The van der Waals surface area contributed by atoms with Crippen LogP contribution in [-0.4, -0.2) is 24.7 Å². The molecule has 0 heterocycles. The third kappa shape index (κ3) is 6.39. The molecular formula is C15H29NO2. The van der Waals surface area contributed by atoms with Gasteiger partial charge < -0.3 is 10.1 Å². The highest BCUT2D eigenvalue weighted by Gasteiger charge is 2.21. The lowest BCUT2D eigenvalue weighted by molar-refractivity contribution is -0.143. The van der Waals surface area contributed by atoms with Crippen LogP contribution in [0.25, 0.3) is 0 Å². The van der Waals surface area contributed by atoms with E-state index in [2.05, 4.69) is 19.2 Å². The third-order valence-corrected chi connectivity index (χ3v) is 3.63. The number of esters is 1. The van der Waals surface area contributed by atoms with Crippen molar-refractivity contribution in [2.24, 2.45) is 5.92 Å². The zero-order chi connectivity index (χ0) is 13.4. The first-order valence-electron chi connectivity index (χ1n) is 7.53. The average Bonchev–Trinajstić information content (AvgIpc) is 2.29. The van der Waals surface area contributed by atoms with Crippen molar-refractivity contribution in [1.82, 2.24) is 5.32 Å². The number of hydrogen-bond acceptors (Lipinski definition) is 3. The van der Waals surface area contributed by atoms with E-state index in [4.69, 9.17) is 4.74 Å². The number of nitrogens with one attached hydrogen (secondary N) is 1. The number of carbonyl (C=O) groups is 1. The standard InChI is InChI=1S/C15H29NO2/c1-4-18-15(17)11-14(16-12(2)3)10-13-8-6-5-7-9-13/h12-14,16H,4-11H2,1-3H3. The summed E-state index contributed by atoms with van der Waals surface area (Å²) in [5.41, 5.74) is 0. The highest BCUT2D eigenvalue weighted by molar-refractivity contribution is 5.70. The van der Waals surface area contributed by atoms with E-state index in [9.17, 15) is 4.79 Å². The largest absolute Gasteiger partial charge is 0.466 e. The maximum absolute atomic E-state index is 11.6. The van der Waals surface area contributed by atoms with Gasteiger partial charge in [0.1, 0.15) is 0 Å². The normalized spacial score (nSPS) is 18.9. The first-order chi connectivity index (χ1) is 8.61. The second-order valence-corrected chi connectivity index (χ2v) is 5.77. The molecule has 0 aromatic heterocycles. The Balaban J connectivity index is 2.40. The fourth-order valence-corrected chi connectivity index (χ4v) is 2.93. The van der Waals surface area contributed by atoms with E-state index in [0.29, 0.717) is 19.1 Å². The smallest absolute Gasteiger partial charge is 0.307 e. The molecule has 1 aliphatic rings. The maximum atomic E-state index is 11.6. The Kier molecular flexibility index (Phi) is 7.33. The van der Waals surface area contributed by atoms with Crippen molar-refractivity contribution in [2.45, 2.75) is 77.8 Å². The Bertz CT molecular complexity index is 235. The first-order valence-corrected chi connectivity index (χ1v) is 7.53. The molecule has 1 fully saturated rings. The van der Waals surface area contributed by atoms with Gasteiger partial charge in [-0.3, -0.25) is 4.79 Å². The number of ether oxygens (including phenoxy) is 1. The Morgan fingerprint density at radius 2 is 1.94 bits per heavy atom. The van der Waals surface area contributed by atoms with Crippen LogP contribution in [0, 0.1) is 5.92 Å². The Morgan fingerprint density at radius 3 is 2.50 bits per heavy atom. The highest BCUT2D eigenvalue weighted by atomic mass is 16.5. The van der Waals surface area contributed by atoms with E-state index in [0.717, 1.165) is 12.3 Å². The van der Waals surface area contributed by atoms with E-state index in [-0.39, 0.29) is 12.0 Å². The number of rotatable bonds is 7. The van der Waals surface area contributed by atoms with Crippen LogP contribution in [0.15, 0.2) is 0 Å². The minimum atomic E-state index is -0.0635. The predicted octanol–water partition coefficient (Wildman–Crippen LogP) is 3.28. The summed E-state index contributed by atoms with van der Waals surface area (Å²) in [5.74, 6) is 0.732. The summed E-state index contributed by atoms with van der Waals surface area (Å²) in [7, 11) is 0. The van der Waals surface area contributed by atoms with Crippen LogP contribution < -0.4 is 5.32 Å². The van der Waals surface area contributed by atoms with Crippen molar-refractivity contribution >= 4 is 5.97 Å². The van der Waals surface area contributed by atoms with Gasteiger partial charge in [-0.2, -0.15) is 0 Å². The summed E-state index contributed by atoms with van der Waals surface area (Å²) in [5, 5.41) is 3.52. The molecule has 3 heteroatoms. The fraction of sp³-hybridized carbons (Fsp3) is 0.933. The molecular weight excluding hydrogens is 226 g/mol. The van der Waals surface area contributed by atoms with Crippen molar-refractivity contribution in [3.63, 3.8) is 0 Å². The third-order valence-electron chi connectivity index (χ3n) is 3.63. The van der Waals surface area contributed by atoms with Crippen LogP contribution in [0.4, 0.5) is 0 Å². The van der Waals surface area contributed by atoms with Crippen molar-refractivity contribution in [3.05, 3.63) is 0 Å². The van der Waals surface area contributed by atoms with E-state index < -0.39 is 0 Å². The van der Waals surface area contributed by atoms with E-state index in [1.807, 2.05) is 6.92 Å². The molecule has 0 amide bonds. The summed E-state index contributed by atoms with van der Waals surface area (Å²) in [6, 6.07) is 0.708. The molecule has 1 aliphatic carbocycles. The minimum absolute atomic E-state index is 0.0635. The SMILES string of the molecule is CCOC(=O)CC(CC1CCCCC1)NC(C)C. The molecule has 0 aromatic carbocycles. The average molecular weight is 255 g/mol. The zero-order valence-corrected chi connectivity index (χ0v) is 12.2. The molecule has 0 bridgehead atoms. The lowest BCUT2D eigenvalue weighted by Gasteiger charge is -2.28. The summed E-state index contributed by atoms with van der Waals surface area (Å²) >= 11 is 0. The summed E-state index contributed by atoms with van der Waals surface area (Å²) < 4.78 is 5.06. The molecule has 0 spiro atoms. The molecule has 18 heavy (non-hydrogen) atoms. The van der Waals surface area contributed by atoms with Crippen molar-refractivity contribution in [2.75, 3.05) is 6.61 Å². The van der Waals surface area contributed by atoms with E-state index >= 15 is 0 Å². The summed E-state index contributed by atoms with van der Waals surface area (Å²) in [6.45, 7) is 6.62. The molecule has 106 valence electrons. The molecule has 1 saturated carbocycles. The molecule has 0 aromatic rings. The Morgan fingerprint density at radius 1 is 1.28 bits per heavy atom. The molecule has 0 radical (unpaired) electrons. The summed E-state index contributed by atoms with van der Waals surface area (Å²) in [6.07, 6.45) is 8.41. The van der Waals surface area contributed by atoms with Crippen molar-refractivity contribution in [1.29, 1.82) is 0 Å². The zero-order valence-electron chi connectivity index (χ0n) is 12.2. The van der Waals surface area contributed by atoms with Crippen LogP contribution >= 0.6 is 0 Å². The summed E-state index contributed by atoms with van der Waals surface area (Å²) in [4.78, 5) is 11.6. The van der Waals surface area contributed by atoms with E-state index in [1.165, 1.54) is 32.1 Å². The Hall–Kier alpha value is -0.570. The van der Waals surface area contributed by atoms with E-state index in [1.54, 1.807) is 0 Å². The van der Waals surface area contributed by atoms with Crippen molar-refractivity contribution < 1.29 is 9.53 Å². The Labute approximate surface area is 112 Å². The van der Waals surface area contributed by atoms with Crippen molar-refractivity contribution in [3.8, 4) is 0 Å². The molecule has 1 rings (SSSR count). The molecule has 1 atom stereocenters. The second kappa shape index (κ2) is 8.52. The van der Waals surface area contributed by atoms with Crippen LogP contribution in [-0.2, 0) is 9.53 Å². The van der Waals surface area contributed by atoms with Gasteiger partial charge in [-0.1, -0.05) is 46.0 Å². The van der Waals surface area contributed by atoms with Gasteiger partial charge >= 0.3 is 5.97 Å². The van der Waals surface area contributed by atoms with Gasteiger partial charge in [-0.25, -0.2) is 0 Å². The lowest BCUT2D eigenvalue weighted by Crippen LogP contribution is -2.38. The van der Waals surface area contributed by atoms with Gasteiger partial charge in [0.05, 0.1) is 13.0 Å².